The minimum Gasteiger partial charge on any atom is -0.487 e. The highest BCUT2D eigenvalue weighted by atomic mass is 19.4. The van der Waals surface area contributed by atoms with Gasteiger partial charge in [-0.25, -0.2) is 4.98 Å². The highest BCUT2D eigenvalue weighted by Crippen LogP contribution is 2.28. The van der Waals surface area contributed by atoms with Crippen LogP contribution in [0.5, 0.6) is 5.75 Å². The van der Waals surface area contributed by atoms with Gasteiger partial charge in [0.2, 0.25) is 0 Å². The zero-order valence-electron chi connectivity index (χ0n) is 14.7. The molecule has 0 amide bonds. The molecule has 0 saturated carbocycles. The molecule has 0 radical (unpaired) electrons. The topological polar surface area (TPSA) is 62.7 Å². The Morgan fingerprint density at radius 1 is 1.30 bits per heavy atom. The van der Waals surface area contributed by atoms with E-state index in [1.54, 1.807) is 6.07 Å². The van der Waals surface area contributed by atoms with Gasteiger partial charge < -0.3 is 9.84 Å². The highest BCUT2D eigenvalue weighted by Gasteiger charge is 2.33. The number of hydrogen-bond acceptors (Lipinski definition) is 4. The Balaban J connectivity index is 1.58. The fraction of sp³-hybridized carbons (Fsp3) is 0.368. The first kappa shape index (κ1) is 19.2. The van der Waals surface area contributed by atoms with E-state index >= 15 is 0 Å². The van der Waals surface area contributed by atoms with Crippen LogP contribution in [0.4, 0.5) is 13.2 Å². The Labute approximate surface area is 154 Å². The van der Waals surface area contributed by atoms with E-state index in [9.17, 15) is 18.0 Å². The van der Waals surface area contributed by atoms with Gasteiger partial charge in [-0.05, 0) is 36.2 Å². The summed E-state index contributed by atoms with van der Waals surface area (Å²) < 4.78 is 43.7. The second-order valence-corrected chi connectivity index (χ2v) is 6.63. The van der Waals surface area contributed by atoms with E-state index in [1.807, 2.05) is 24.0 Å². The van der Waals surface area contributed by atoms with Crippen LogP contribution in [0.15, 0.2) is 36.4 Å². The van der Waals surface area contributed by atoms with Crippen molar-refractivity contribution in [3.05, 3.63) is 58.9 Å². The van der Waals surface area contributed by atoms with Crippen molar-refractivity contribution in [2.24, 2.45) is 5.92 Å². The van der Waals surface area contributed by atoms with E-state index in [-0.39, 0.29) is 18.2 Å². The molecule has 27 heavy (non-hydrogen) atoms. The van der Waals surface area contributed by atoms with Crippen LogP contribution in [0.25, 0.3) is 0 Å². The first-order chi connectivity index (χ1) is 12.7. The second-order valence-electron chi connectivity index (χ2n) is 6.63. The van der Waals surface area contributed by atoms with Gasteiger partial charge >= 0.3 is 12.1 Å². The summed E-state index contributed by atoms with van der Waals surface area (Å²) >= 11 is 0. The van der Waals surface area contributed by atoms with E-state index in [1.165, 1.54) is 12.1 Å². The van der Waals surface area contributed by atoms with E-state index in [2.05, 4.69) is 4.98 Å². The molecule has 3 rings (SSSR count). The normalized spacial score (nSPS) is 15.4. The van der Waals surface area contributed by atoms with Crippen molar-refractivity contribution < 1.29 is 27.8 Å². The molecule has 0 unspecified atom stereocenters. The lowest BCUT2D eigenvalue weighted by Gasteiger charge is -2.36. The summed E-state index contributed by atoms with van der Waals surface area (Å²) in [4.78, 5) is 16.5. The van der Waals surface area contributed by atoms with E-state index in [4.69, 9.17) is 9.84 Å². The summed E-state index contributed by atoms with van der Waals surface area (Å²) in [5.41, 5.74) is 1.15. The van der Waals surface area contributed by atoms with E-state index < -0.39 is 17.8 Å². The Morgan fingerprint density at radius 2 is 2.04 bits per heavy atom. The third-order valence-corrected chi connectivity index (χ3v) is 4.42. The van der Waals surface area contributed by atoms with Gasteiger partial charge in [-0.2, -0.15) is 13.2 Å². The lowest BCUT2D eigenvalue weighted by atomic mass is 9.99. The number of alkyl halides is 3. The minimum atomic E-state index is -4.48. The Bertz CT molecular complexity index is 833. The summed E-state index contributed by atoms with van der Waals surface area (Å²) in [6, 6.07) is 9.30. The van der Waals surface area contributed by atoms with Crippen molar-refractivity contribution in [2.75, 3.05) is 13.1 Å². The molecule has 0 atom stereocenters. The number of halogens is 3. The first-order valence-corrected chi connectivity index (χ1v) is 8.43. The fourth-order valence-corrected chi connectivity index (χ4v) is 2.95. The van der Waals surface area contributed by atoms with Crippen molar-refractivity contribution >= 4 is 5.97 Å². The van der Waals surface area contributed by atoms with Crippen molar-refractivity contribution in [1.29, 1.82) is 0 Å². The van der Waals surface area contributed by atoms with Gasteiger partial charge in [0.05, 0.1) is 11.6 Å². The van der Waals surface area contributed by atoms with Gasteiger partial charge in [0.15, 0.2) is 0 Å². The molecule has 1 aromatic carbocycles. The van der Waals surface area contributed by atoms with Crippen LogP contribution in [0.3, 0.4) is 0 Å². The van der Waals surface area contributed by atoms with Gasteiger partial charge in [0.25, 0.3) is 0 Å². The van der Waals surface area contributed by atoms with Crippen molar-refractivity contribution in [3.63, 3.8) is 0 Å². The van der Waals surface area contributed by atoms with Crippen LogP contribution in [0.1, 0.15) is 22.5 Å². The second kappa shape index (κ2) is 7.56. The number of ether oxygens (including phenoxy) is 1. The van der Waals surface area contributed by atoms with Crippen LogP contribution in [-0.4, -0.2) is 34.0 Å². The molecule has 1 aromatic heterocycles. The number of likely N-dealkylation sites (tertiary alicyclic amines) is 1. The molecular weight excluding hydrogens is 361 g/mol. The molecule has 1 aliphatic heterocycles. The Morgan fingerprint density at radius 3 is 2.67 bits per heavy atom. The highest BCUT2D eigenvalue weighted by molar-refractivity contribution is 5.71. The zero-order chi connectivity index (χ0) is 19.6. The number of aliphatic carboxylic acids is 1. The molecule has 1 saturated heterocycles. The molecule has 5 nitrogen and oxygen atoms in total. The maximum atomic E-state index is 12.7. The van der Waals surface area contributed by atoms with Crippen molar-refractivity contribution in [3.8, 4) is 5.75 Å². The number of aryl methyl sites for hydroxylation is 1. The molecule has 8 heteroatoms. The Kier molecular flexibility index (Phi) is 5.36. The number of rotatable bonds is 6. The molecule has 0 aliphatic carbocycles. The first-order valence-electron chi connectivity index (χ1n) is 8.43. The third kappa shape index (κ3) is 4.77. The SMILES string of the molecule is Cc1cc(CN2CC(C(=O)O)C2)ccc1OCc1cccc(C(F)(F)F)n1. The van der Waals surface area contributed by atoms with Crippen LogP contribution in [0, 0.1) is 12.8 Å². The molecule has 0 bridgehead atoms. The smallest absolute Gasteiger partial charge is 0.433 e. The maximum absolute atomic E-state index is 12.7. The predicted molar refractivity (Wildman–Crippen MR) is 91.2 cm³/mol. The summed E-state index contributed by atoms with van der Waals surface area (Å²) in [5, 5.41) is 8.90. The van der Waals surface area contributed by atoms with Crippen LogP contribution in [-0.2, 0) is 24.1 Å². The van der Waals surface area contributed by atoms with Gasteiger partial charge in [-0.3, -0.25) is 9.69 Å². The average molecular weight is 380 g/mol. The lowest BCUT2D eigenvalue weighted by molar-refractivity contribution is -0.147. The quantitative estimate of drug-likeness (QED) is 0.831. The lowest BCUT2D eigenvalue weighted by Crippen LogP contribution is -2.49. The number of carboxylic acid groups (broad SMARTS) is 1. The molecule has 1 aliphatic rings. The summed E-state index contributed by atoms with van der Waals surface area (Å²) in [6.07, 6.45) is -4.48. The third-order valence-electron chi connectivity index (χ3n) is 4.42. The molecule has 2 heterocycles. The molecular formula is C19H19F3N2O3. The van der Waals surface area contributed by atoms with Gasteiger partial charge in [-0.15, -0.1) is 0 Å². The number of aromatic nitrogens is 1. The van der Waals surface area contributed by atoms with Crippen LogP contribution >= 0.6 is 0 Å². The average Bonchev–Trinajstić information content (AvgIpc) is 2.56. The predicted octanol–water partition coefficient (Wildman–Crippen LogP) is 3.50. The number of hydrogen-bond donors (Lipinski definition) is 1. The van der Waals surface area contributed by atoms with E-state index in [0.717, 1.165) is 17.2 Å². The maximum Gasteiger partial charge on any atom is 0.433 e. The minimum absolute atomic E-state index is 0.0590. The monoisotopic (exact) mass is 380 g/mol. The summed E-state index contributed by atoms with van der Waals surface area (Å²) in [7, 11) is 0. The molecule has 144 valence electrons. The summed E-state index contributed by atoms with van der Waals surface area (Å²) in [5.74, 6) is -0.493. The van der Waals surface area contributed by atoms with Gasteiger partial charge in [0.1, 0.15) is 18.1 Å². The number of pyridine rings is 1. The number of benzene rings is 1. The van der Waals surface area contributed by atoms with Crippen LogP contribution < -0.4 is 4.74 Å². The molecule has 1 N–H and O–H groups in total. The largest absolute Gasteiger partial charge is 0.487 e. The van der Waals surface area contributed by atoms with Crippen LogP contribution in [0.2, 0.25) is 0 Å². The van der Waals surface area contributed by atoms with Crippen molar-refractivity contribution in [1.82, 2.24) is 9.88 Å². The molecule has 1 fully saturated rings. The van der Waals surface area contributed by atoms with Crippen molar-refractivity contribution in [2.45, 2.75) is 26.3 Å². The zero-order valence-corrected chi connectivity index (χ0v) is 14.7. The van der Waals surface area contributed by atoms with Gasteiger partial charge in [-0.1, -0.05) is 18.2 Å². The fourth-order valence-electron chi connectivity index (χ4n) is 2.95. The number of carboxylic acids is 1. The number of carbonyl (C=O) groups is 1. The Hall–Kier alpha value is -2.61. The summed E-state index contributed by atoms with van der Waals surface area (Å²) in [6.45, 7) is 3.52. The standard InChI is InChI=1S/C19H19F3N2O3/c1-12-7-13(8-24-9-14(10-24)18(25)26)5-6-16(12)27-11-15-3-2-4-17(23-15)19(20,21)22/h2-7,14H,8-11H2,1H3,(H,25,26). The number of nitrogens with zero attached hydrogens (tertiary/aromatic N) is 2. The van der Waals surface area contributed by atoms with E-state index in [0.29, 0.717) is 25.4 Å². The van der Waals surface area contributed by atoms with Gasteiger partial charge in [0, 0.05) is 19.6 Å². The molecule has 2 aromatic rings. The molecule has 0 spiro atoms.